The standard InChI is InChI=1S/C17H16N2O3/c1-18-15-5-3-4-13-14(15)10-19(16(13)20)12-8-6-11(7-9-12)17(21)22-2/h3-9,18H,10H2,1-2H3. The number of fused-ring (bicyclic) bond motifs is 1. The number of carbonyl (C=O) groups is 2. The first-order valence-corrected chi connectivity index (χ1v) is 6.95. The smallest absolute Gasteiger partial charge is 0.337 e. The Hall–Kier alpha value is -2.82. The van der Waals surface area contributed by atoms with Crippen molar-refractivity contribution in [3.63, 3.8) is 0 Å². The molecule has 0 aromatic heterocycles. The Morgan fingerprint density at radius 1 is 1.18 bits per heavy atom. The highest BCUT2D eigenvalue weighted by atomic mass is 16.5. The first kappa shape index (κ1) is 14.1. The molecule has 1 N–H and O–H groups in total. The van der Waals surface area contributed by atoms with Crippen molar-refractivity contribution in [2.45, 2.75) is 6.54 Å². The van der Waals surface area contributed by atoms with Crippen molar-refractivity contribution >= 4 is 23.3 Å². The van der Waals surface area contributed by atoms with E-state index in [1.807, 2.05) is 25.2 Å². The number of methoxy groups -OCH3 is 1. The number of hydrogen-bond acceptors (Lipinski definition) is 4. The number of rotatable bonds is 3. The molecule has 2 aromatic rings. The zero-order valence-corrected chi connectivity index (χ0v) is 12.4. The van der Waals surface area contributed by atoms with Gasteiger partial charge in [-0.25, -0.2) is 4.79 Å². The molecule has 5 nitrogen and oxygen atoms in total. The van der Waals surface area contributed by atoms with E-state index in [1.54, 1.807) is 29.2 Å². The maximum atomic E-state index is 12.5. The third-order valence-corrected chi connectivity index (χ3v) is 3.84. The molecule has 112 valence electrons. The van der Waals surface area contributed by atoms with Crippen molar-refractivity contribution in [2.75, 3.05) is 24.4 Å². The number of nitrogens with one attached hydrogen (secondary N) is 1. The summed E-state index contributed by atoms with van der Waals surface area (Å²) in [6, 6.07) is 12.5. The van der Waals surface area contributed by atoms with Crippen molar-refractivity contribution in [1.82, 2.24) is 0 Å². The van der Waals surface area contributed by atoms with Crippen LogP contribution in [0.15, 0.2) is 42.5 Å². The van der Waals surface area contributed by atoms with Gasteiger partial charge >= 0.3 is 5.97 Å². The Kier molecular flexibility index (Phi) is 3.55. The molecule has 0 saturated heterocycles. The lowest BCUT2D eigenvalue weighted by atomic mass is 10.1. The molecule has 1 aliphatic heterocycles. The Morgan fingerprint density at radius 3 is 2.55 bits per heavy atom. The normalized spacial score (nSPS) is 13.0. The molecule has 0 fully saturated rings. The Morgan fingerprint density at radius 2 is 1.91 bits per heavy atom. The van der Waals surface area contributed by atoms with E-state index in [0.29, 0.717) is 17.7 Å². The van der Waals surface area contributed by atoms with Crippen molar-refractivity contribution < 1.29 is 14.3 Å². The fourth-order valence-electron chi connectivity index (χ4n) is 2.67. The second kappa shape index (κ2) is 5.52. The zero-order chi connectivity index (χ0) is 15.7. The van der Waals surface area contributed by atoms with Crippen LogP contribution in [0.25, 0.3) is 0 Å². The van der Waals surface area contributed by atoms with Crippen LogP contribution in [0.4, 0.5) is 11.4 Å². The summed E-state index contributed by atoms with van der Waals surface area (Å²) in [5.74, 6) is -0.419. The Labute approximate surface area is 128 Å². The fourth-order valence-corrected chi connectivity index (χ4v) is 2.67. The summed E-state index contributed by atoms with van der Waals surface area (Å²) >= 11 is 0. The summed E-state index contributed by atoms with van der Waals surface area (Å²) in [4.78, 5) is 25.7. The Balaban J connectivity index is 1.92. The highest BCUT2D eigenvalue weighted by Crippen LogP contribution is 2.32. The summed E-state index contributed by atoms with van der Waals surface area (Å²) in [6.45, 7) is 0.517. The molecule has 0 atom stereocenters. The molecule has 22 heavy (non-hydrogen) atoms. The van der Waals surface area contributed by atoms with E-state index in [0.717, 1.165) is 16.9 Å². The Bertz CT molecular complexity index is 738. The average Bonchev–Trinajstić information content (AvgIpc) is 2.91. The highest BCUT2D eigenvalue weighted by molar-refractivity contribution is 6.11. The van der Waals surface area contributed by atoms with Gasteiger partial charge in [-0.2, -0.15) is 0 Å². The van der Waals surface area contributed by atoms with Crippen LogP contribution in [0.5, 0.6) is 0 Å². The first-order valence-electron chi connectivity index (χ1n) is 6.95. The van der Waals surface area contributed by atoms with Crippen LogP contribution in [0.3, 0.4) is 0 Å². The minimum Gasteiger partial charge on any atom is -0.465 e. The number of amides is 1. The highest BCUT2D eigenvalue weighted by Gasteiger charge is 2.30. The average molecular weight is 296 g/mol. The number of nitrogens with zero attached hydrogens (tertiary/aromatic N) is 1. The van der Waals surface area contributed by atoms with Crippen LogP contribution < -0.4 is 10.2 Å². The quantitative estimate of drug-likeness (QED) is 0.885. The summed E-state index contributed by atoms with van der Waals surface area (Å²) in [7, 11) is 3.18. The topological polar surface area (TPSA) is 58.6 Å². The minimum atomic E-state index is -0.389. The first-order chi connectivity index (χ1) is 10.7. The fraction of sp³-hybridized carbons (Fsp3) is 0.176. The summed E-state index contributed by atoms with van der Waals surface area (Å²) in [5, 5.41) is 3.11. The molecular formula is C17H16N2O3. The zero-order valence-electron chi connectivity index (χ0n) is 12.4. The lowest BCUT2D eigenvalue weighted by Crippen LogP contribution is -2.23. The van der Waals surface area contributed by atoms with Crippen molar-refractivity contribution in [3.8, 4) is 0 Å². The molecule has 0 spiro atoms. The molecule has 0 bridgehead atoms. The molecule has 0 radical (unpaired) electrons. The second-order valence-electron chi connectivity index (χ2n) is 5.01. The molecule has 1 amide bonds. The molecule has 1 aliphatic rings. The van der Waals surface area contributed by atoms with E-state index in [-0.39, 0.29) is 11.9 Å². The molecule has 1 heterocycles. The number of benzene rings is 2. The molecule has 3 rings (SSSR count). The van der Waals surface area contributed by atoms with Gasteiger partial charge in [-0.1, -0.05) is 6.07 Å². The van der Waals surface area contributed by atoms with Crippen LogP contribution >= 0.6 is 0 Å². The van der Waals surface area contributed by atoms with Gasteiger partial charge in [0.15, 0.2) is 0 Å². The number of anilines is 2. The van der Waals surface area contributed by atoms with Gasteiger partial charge in [0.2, 0.25) is 0 Å². The SMILES string of the molecule is CNc1cccc2c1CN(c1ccc(C(=O)OC)cc1)C2=O. The maximum Gasteiger partial charge on any atom is 0.337 e. The number of esters is 1. The van der Waals surface area contributed by atoms with Crippen LogP contribution in [0.1, 0.15) is 26.3 Å². The number of ether oxygens (including phenoxy) is 1. The van der Waals surface area contributed by atoms with Crippen LogP contribution in [0.2, 0.25) is 0 Å². The molecule has 0 saturated carbocycles. The van der Waals surface area contributed by atoms with Crippen molar-refractivity contribution in [1.29, 1.82) is 0 Å². The largest absolute Gasteiger partial charge is 0.465 e. The van der Waals surface area contributed by atoms with Gasteiger partial charge in [0.05, 0.1) is 19.2 Å². The minimum absolute atomic E-state index is 0.0297. The summed E-state index contributed by atoms with van der Waals surface area (Å²) < 4.78 is 4.68. The molecule has 0 aliphatic carbocycles. The molecule has 0 unspecified atom stereocenters. The number of hydrogen-bond donors (Lipinski definition) is 1. The third kappa shape index (κ3) is 2.20. The van der Waals surface area contributed by atoms with Gasteiger partial charge in [0.25, 0.3) is 5.91 Å². The van der Waals surface area contributed by atoms with E-state index in [9.17, 15) is 9.59 Å². The van der Waals surface area contributed by atoms with Gasteiger partial charge < -0.3 is 15.0 Å². The van der Waals surface area contributed by atoms with Crippen molar-refractivity contribution in [2.24, 2.45) is 0 Å². The van der Waals surface area contributed by atoms with E-state index in [2.05, 4.69) is 10.1 Å². The lowest BCUT2D eigenvalue weighted by Gasteiger charge is -2.16. The summed E-state index contributed by atoms with van der Waals surface area (Å²) in [6.07, 6.45) is 0. The van der Waals surface area contributed by atoms with Crippen LogP contribution in [0, 0.1) is 0 Å². The van der Waals surface area contributed by atoms with E-state index < -0.39 is 0 Å². The van der Waals surface area contributed by atoms with E-state index in [4.69, 9.17) is 0 Å². The van der Waals surface area contributed by atoms with Gasteiger partial charge in [-0.3, -0.25) is 4.79 Å². The predicted molar refractivity (Wildman–Crippen MR) is 84.3 cm³/mol. The van der Waals surface area contributed by atoms with Gasteiger partial charge in [0, 0.05) is 29.5 Å². The van der Waals surface area contributed by atoms with Crippen LogP contribution in [-0.2, 0) is 11.3 Å². The van der Waals surface area contributed by atoms with E-state index in [1.165, 1.54) is 7.11 Å². The monoisotopic (exact) mass is 296 g/mol. The van der Waals surface area contributed by atoms with Gasteiger partial charge in [0.1, 0.15) is 0 Å². The van der Waals surface area contributed by atoms with Gasteiger partial charge in [-0.15, -0.1) is 0 Å². The van der Waals surface area contributed by atoms with Crippen molar-refractivity contribution in [3.05, 3.63) is 59.2 Å². The third-order valence-electron chi connectivity index (χ3n) is 3.84. The summed E-state index contributed by atoms with van der Waals surface area (Å²) in [5.41, 5.74) is 3.89. The van der Waals surface area contributed by atoms with Crippen LogP contribution in [-0.4, -0.2) is 26.0 Å². The molecule has 5 heteroatoms. The van der Waals surface area contributed by atoms with Gasteiger partial charge in [-0.05, 0) is 36.4 Å². The van der Waals surface area contributed by atoms with E-state index >= 15 is 0 Å². The molecule has 2 aromatic carbocycles. The lowest BCUT2D eigenvalue weighted by molar-refractivity contribution is 0.0600. The predicted octanol–water partition coefficient (Wildman–Crippen LogP) is 2.68. The number of carbonyl (C=O) groups excluding carboxylic acids is 2. The second-order valence-corrected chi connectivity index (χ2v) is 5.01. The molecular weight excluding hydrogens is 280 g/mol. The maximum absolute atomic E-state index is 12.5.